The van der Waals surface area contributed by atoms with Gasteiger partial charge in [-0.2, -0.15) is 10.2 Å². The Balaban J connectivity index is 2.31. The number of amides is 1. The van der Waals surface area contributed by atoms with Gasteiger partial charge in [0.25, 0.3) is 0 Å². The van der Waals surface area contributed by atoms with Crippen molar-refractivity contribution < 1.29 is 9.21 Å². The molecule has 0 atom stereocenters. The van der Waals surface area contributed by atoms with Gasteiger partial charge >= 0.3 is 0 Å². The molecule has 6 nitrogen and oxygen atoms in total. The zero-order valence-electron chi connectivity index (χ0n) is 7.52. The Morgan fingerprint density at radius 2 is 2.29 bits per heavy atom. The Morgan fingerprint density at radius 1 is 1.50 bits per heavy atom. The van der Waals surface area contributed by atoms with Crippen molar-refractivity contribution in [3.63, 3.8) is 0 Å². The van der Waals surface area contributed by atoms with E-state index >= 15 is 0 Å². The monoisotopic (exact) mass is 192 g/mol. The number of carbonyl (C=O) groups excluding carboxylic acids is 1. The Morgan fingerprint density at radius 3 is 3.00 bits per heavy atom. The van der Waals surface area contributed by atoms with Gasteiger partial charge in [-0.05, 0) is 0 Å². The normalized spacial score (nSPS) is 10.4. The van der Waals surface area contributed by atoms with Crippen LogP contribution in [0.5, 0.6) is 0 Å². The van der Waals surface area contributed by atoms with Crippen molar-refractivity contribution in [1.29, 1.82) is 0 Å². The van der Waals surface area contributed by atoms with Crippen LogP contribution in [0.3, 0.4) is 0 Å². The summed E-state index contributed by atoms with van der Waals surface area (Å²) in [5.74, 6) is 0.228. The van der Waals surface area contributed by atoms with Crippen LogP contribution in [0, 0.1) is 0 Å². The lowest BCUT2D eigenvalue weighted by molar-refractivity contribution is -0.120. The maximum atomic E-state index is 11.0. The molecule has 0 radical (unpaired) electrons. The maximum absolute atomic E-state index is 11.0. The molecule has 2 rings (SSSR count). The molecule has 0 bridgehead atoms. The van der Waals surface area contributed by atoms with Gasteiger partial charge in [-0.15, -0.1) is 0 Å². The van der Waals surface area contributed by atoms with E-state index in [0.717, 1.165) is 0 Å². The lowest BCUT2D eigenvalue weighted by atomic mass is 10.4. The molecule has 2 aromatic heterocycles. The molecule has 1 amide bonds. The predicted octanol–water partition coefficient (Wildman–Crippen LogP) is -0.0937. The summed E-state index contributed by atoms with van der Waals surface area (Å²) < 4.78 is 5.27. The molecule has 0 spiro atoms. The third-order valence-electron chi connectivity index (χ3n) is 1.74. The van der Waals surface area contributed by atoms with Gasteiger partial charge in [0.1, 0.15) is 11.9 Å². The minimum absolute atomic E-state index is 0.130. The molecule has 2 heterocycles. The summed E-state index contributed by atoms with van der Waals surface area (Å²) in [6, 6.07) is 0. The van der Waals surface area contributed by atoms with Gasteiger partial charge in [0.2, 0.25) is 11.8 Å². The fourth-order valence-electron chi connectivity index (χ4n) is 1.05. The van der Waals surface area contributed by atoms with Crippen LogP contribution in [0.15, 0.2) is 16.8 Å². The average Bonchev–Trinajstić information content (AvgIpc) is 2.59. The predicted molar refractivity (Wildman–Crippen MR) is 47.4 cm³/mol. The number of carbonyl (C=O) groups is 1. The first kappa shape index (κ1) is 8.61. The minimum Gasteiger partial charge on any atom is -0.438 e. The first-order valence-electron chi connectivity index (χ1n) is 4.06. The second-order valence-corrected chi connectivity index (χ2v) is 2.70. The topological polar surface area (TPSA) is 80.9 Å². The fourth-order valence-corrected chi connectivity index (χ4v) is 1.05. The molecular weight excluding hydrogens is 184 g/mol. The third-order valence-corrected chi connectivity index (χ3v) is 1.74. The van der Waals surface area contributed by atoms with Gasteiger partial charge in [-0.25, -0.2) is 4.98 Å². The standard InChI is InChI=1S/C8H8N4O2/c1-9-7(13)2-8-12-5-3-10-11-4-6(5)14-8/h3-4H,2H2,1H3,(H,9,13). The molecule has 14 heavy (non-hydrogen) atoms. The highest BCUT2D eigenvalue weighted by Crippen LogP contribution is 2.12. The molecule has 0 aliphatic heterocycles. The Bertz CT molecular complexity index is 432. The first-order chi connectivity index (χ1) is 6.79. The van der Waals surface area contributed by atoms with E-state index in [9.17, 15) is 4.79 Å². The molecule has 6 heteroatoms. The van der Waals surface area contributed by atoms with Gasteiger partial charge in [0, 0.05) is 7.05 Å². The number of nitrogens with one attached hydrogen (secondary N) is 1. The lowest BCUT2D eigenvalue weighted by Gasteiger charge is -1.92. The van der Waals surface area contributed by atoms with E-state index in [1.807, 2.05) is 0 Å². The average molecular weight is 192 g/mol. The quantitative estimate of drug-likeness (QED) is 0.718. The minimum atomic E-state index is -0.141. The zero-order chi connectivity index (χ0) is 9.97. The Labute approximate surface area is 79.3 Å². The van der Waals surface area contributed by atoms with Crippen molar-refractivity contribution in [3.05, 3.63) is 18.3 Å². The van der Waals surface area contributed by atoms with Crippen molar-refractivity contribution >= 4 is 17.0 Å². The molecule has 0 aliphatic rings. The smallest absolute Gasteiger partial charge is 0.229 e. The molecule has 0 aromatic carbocycles. The van der Waals surface area contributed by atoms with E-state index in [-0.39, 0.29) is 12.3 Å². The summed E-state index contributed by atoms with van der Waals surface area (Å²) >= 11 is 0. The van der Waals surface area contributed by atoms with Crippen LogP contribution in [-0.2, 0) is 11.2 Å². The van der Waals surface area contributed by atoms with Crippen LogP contribution in [0.2, 0.25) is 0 Å². The molecule has 0 saturated carbocycles. The van der Waals surface area contributed by atoms with Gasteiger partial charge < -0.3 is 9.73 Å². The first-order valence-corrected chi connectivity index (χ1v) is 4.06. The Hall–Kier alpha value is -1.98. The van der Waals surface area contributed by atoms with E-state index in [1.165, 1.54) is 12.4 Å². The molecule has 72 valence electrons. The summed E-state index contributed by atoms with van der Waals surface area (Å²) in [5.41, 5.74) is 1.15. The van der Waals surface area contributed by atoms with E-state index in [1.54, 1.807) is 7.05 Å². The third kappa shape index (κ3) is 1.54. The van der Waals surface area contributed by atoms with Gasteiger partial charge in [-0.1, -0.05) is 0 Å². The largest absolute Gasteiger partial charge is 0.438 e. The van der Waals surface area contributed by atoms with Crippen LogP contribution < -0.4 is 5.32 Å². The number of rotatable bonds is 2. The van der Waals surface area contributed by atoms with Crippen molar-refractivity contribution in [2.45, 2.75) is 6.42 Å². The van der Waals surface area contributed by atoms with Gasteiger partial charge in [-0.3, -0.25) is 4.79 Å². The summed E-state index contributed by atoms with van der Waals surface area (Å²) in [5, 5.41) is 9.78. The summed E-state index contributed by atoms with van der Waals surface area (Å²) in [6.07, 6.45) is 3.09. The zero-order valence-corrected chi connectivity index (χ0v) is 7.52. The number of nitrogens with zero attached hydrogens (tertiary/aromatic N) is 3. The SMILES string of the molecule is CNC(=O)Cc1nc2cnncc2o1. The molecule has 0 saturated heterocycles. The Kier molecular flexibility index (Phi) is 2.10. The van der Waals surface area contributed by atoms with Gasteiger partial charge in [0.15, 0.2) is 5.58 Å². The highest BCUT2D eigenvalue weighted by Gasteiger charge is 2.09. The molecule has 0 aliphatic carbocycles. The fraction of sp³-hybridized carbons (Fsp3) is 0.250. The highest BCUT2D eigenvalue weighted by molar-refractivity contribution is 5.78. The second kappa shape index (κ2) is 3.41. The van der Waals surface area contributed by atoms with Gasteiger partial charge in [0.05, 0.1) is 12.4 Å². The van der Waals surface area contributed by atoms with E-state index in [4.69, 9.17) is 4.42 Å². The van der Waals surface area contributed by atoms with Crippen LogP contribution in [-0.4, -0.2) is 28.1 Å². The number of hydrogen-bond donors (Lipinski definition) is 1. The number of oxazole rings is 1. The van der Waals surface area contributed by atoms with Crippen LogP contribution in [0.1, 0.15) is 5.89 Å². The second-order valence-electron chi connectivity index (χ2n) is 2.70. The summed E-state index contributed by atoms with van der Waals surface area (Å²) in [4.78, 5) is 15.1. The summed E-state index contributed by atoms with van der Waals surface area (Å²) in [6.45, 7) is 0. The number of aromatic nitrogens is 3. The highest BCUT2D eigenvalue weighted by atomic mass is 16.3. The molecule has 0 unspecified atom stereocenters. The van der Waals surface area contributed by atoms with E-state index < -0.39 is 0 Å². The van der Waals surface area contributed by atoms with Crippen molar-refractivity contribution in [1.82, 2.24) is 20.5 Å². The van der Waals surface area contributed by atoms with Crippen molar-refractivity contribution in [2.24, 2.45) is 0 Å². The molecular formula is C8H8N4O2. The lowest BCUT2D eigenvalue weighted by Crippen LogP contribution is -2.19. The number of hydrogen-bond acceptors (Lipinski definition) is 5. The number of fused-ring (bicyclic) bond motifs is 1. The van der Waals surface area contributed by atoms with E-state index in [0.29, 0.717) is 17.0 Å². The van der Waals surface area contributed by atoms with E-state index in [2.05, 4.69) is 20.5 Å². The van der Waals surface area contributed by atoms with Crippen LogP contribution >= 0.6 is 0 Å². The van der Waals surface area contributed by atoms with Crippen LogP contribution in [0.4, 0.5) is 0 Å². The number of likely N-dealkylation sites (N-methyl/N-ethyl adjacent to an activating group) is 1. The maximum Gasteiger partial charge on any atom is 0.229 e. The molecule has 2 aromatic rings. The molecule has 1 N–H and O–H groups in total. The summed E-state index contributed by atoms with van der Waals surface area (Å²) in [7, 11) is 1.56. The molecule has 0 fully saturated rings. The van der Waals surface area contributed by atoms with Crippen LogP contribution in [0.25, 0.3) is 11.1 Å². The van der Waals surface area contributed by atoms with Crippen molar-refractivity contribution in [2.75, 3.05) is 7.05 Å². The van der Waals surface area contributed by atoms with Crippen molar-refractivity contribution in [3.8, 4) is 0 Å².